The van der Waals surface area contributed by atoms with Crippen molar-refractivity contribution in [2.75, 3.05) is 6.61 Å². The first-order valence-electron chi connectivity index (χ1n) is 8.70. The molecule has 0 N–H and O–H groups in total. The molecule has 2 unspecified atom stereocenters. The summed E-state index contributed by atoms with van der Waals surface area (Å²) in [7, 11) is 0. The largest absolute Gasteiger partial charge is 0.444 e. The monoisotopic (exact) mass is 389 g/mol. The van der Waals surface area contributed by atoms with Gasteiger partial charge in [-0.25, -0.2) is 4.79 Å². The molecule has 1 saturated heterocycles. The summed E-state index contributed by atoms with van der Waals surface area (Å²) in [5.41, 5.74) is -1.49. The van der Waals surface area contributed by atoms with Crippen molar-refractivity contribution >= 4 is 6.09 Å². The number of nitrogens with zero attached hydrogens (tertiary/aromatic N) is 1. The molecule has 2 rings (SSSR count). The first-order valence-corrected chi connectivity index (χ1v) is 8.70. The third-order valence-electron chi connectivity index (χ3n) is 4.05. The summed E-state index contributed by atoms with van der Waals surface area (Å²) in [6.07, 6.45) is -7.75. The molecular weight excluding hydrogens is 363 g/mol. The van der Waals surface area contributed by atoms with Gasteiger partial charge in [0, 0.05) is 0 Å². The van der Waals surface area contributed by atoms with Gasteiger partial charge in [-0.1, -0.05) is 30.3 Å². The van der Waals surface area contributed by atoms with Gasteiger partial charge in [0.15, 0.2) is 6.10 Å². The van der Waals surface area contributed by atoms with E-state index in [2.05, 4.69) is 0 Å². The van der Waals surface area contributed by atoms with E-state index in [1.807, 2.05) is 0 Å². The minimum atomic E-state index is -4.68. The van der Waals surface area contributed by atoms with Crippen molar-refractivity contribution in [1.82, 2.24) is 4.90 Å². The molecule has 0 saturated carbocycles. The summed E-state index contributed by atoms with van der Waals surface area (Å²) in [6, 6.07) is 7.20. The Bertz CT molecular complexity index is 641. The van der Waals surface area contributed by atoms with Crippen molar-refractivity contribution in [3.05, 3.63) is 35.9 Å². The van der Waals surface area contributed by atoms with E-state index >= 15 is 0 Å². The molecule has 1 heterocycles. The van der Waals surface area contributed by atoms with Crippen LogP contribution in [-0.4, -0.2) is 47.2 Å². The van der Waals surface area contributed by atoms with Crippen molar-refractivity contribution in [1.29, 1.82) is 0 Å². The second-order valence-corrected chi connectivity index (χ2v) is 7.93. The number of carbonyl (C=O) groups excluding carboxylic acids is 1. The molecule has 0 radical (unpaired) electrons. The van der Waals surface area contributed by atoms with E-state index in [-0.39, 0.29) is 13.2 Å². The van der Waals surface area contributed by atoms with Gasteiger partial charge in [0.25, 0.3) is 0 Å². The molecule has 152 valence electrons. The molecule has 0 aromatic heterocycles. The van der Waals surface area contributed by atoms with E-state index in [0.29, 0.717) is 5.56 Å². The summed E-state index contributed by atoms with van der Waals surface area (Å²) < 4.78 is 57.2. The third kappa shape index (κ3) is 5.59. The highest BCUT2D eigenvalue weighted by Gasteiger charge is 2.56. The normalized spacial score (nSPS) is 21.2. The Kier molecular flexibility index (Phi) is 6.11. The molecule has 5 nitrogen and oxygen atoms in total. The molecule has 1 fully saturated rings. The van der Waals surface area contributed by atoms with Crippen molar-refractivity contribution in [2.45, 2.75) is 70.9 Å². The molecule has 0 spiro atoms. The highest BCUT2D eigenvalue weighted by atomic mass is 19.4. The van der Waals surface area contributed by atoms with Crippen molar-refractivity contribution < 1.29 is 32.2 Å². The molecule has 0 bridgehead atoms. The van der Waals surface area contributed by atoms with Gasteiger partial charge in [-0.05, 0) is 40.2 Å². The number of ether oxygens (including phenoxy) is 3. The van der Waals surface area contributed by atoms with Crippen LogP contribution in [0.25, 0.3) is 0 Å². The van der Waals surface area contributed by atoms with Crippen LogP contribution in [0.1, 0.15) is 40.2 Å². The second kappa shape index (κ2) is 7.67. The number of carbonyl (C=O) groups is 1. The highest BCUT2D eigenvalue weighted by molar-refractivity contribution is 5.70. The number of benzene rings is 1. The summed E-state index contributed by atoms with van der Waals surface area (Å²) in [5.74, 6) is 0. The summed E-state index contributed by atoms with van der Waals surface area (Å²) >= 11 is 0. The topological polar surface area (TPSA) is 48.0 Å². The van der Waals surface area contributed by atoms with Gasteiger partial charge in [0.05, 0.1) is 19.3 Å². The Hall–Kier alpha value is -1.80. The van der Waals surface area contributed by atoms with Crippen molar-refractivity contribution in [3.63, 3.8) is 0 Å². The van der Waals surface area contributed by atoms with E-state index in [1.165, 1.54) is 13.8 Å². The van der Waals surface area contributed by atoms with Crippen LogP contribution in [0, 0.1) is 0 Å². The lowest BCUT2D eigenvalue weighted by molar-refractivity contribution is -0.238. The maximum atomic E-state index is 13.7. The average Bonchev–Trinajstić information content (AvgIpc) is 2.81. The van der Waals surface area contributed by atoms with Crippen molar-refractivity contribution in [3.8, 4) is 0 Å². The van der Waals surface area contributed by atoms with Gasteiger partial charge in [-0.2, -0.15) is 13.2 Å². The van der Waals surface area contributed by atoms with Crippen LogP contribution < -0.4 is 0 Å². The fourth-order valence-corrected chi connectivity index (χ4v) is 2.91. The van der Waals surface area contributed by atoms with E-state index in [1.54, 1.807) is 51.1 Å². The second-order valence-electron chi connectivity index (χ2n) is 7.93. The van der Waals surface area contributed by atoms with Gasteiger partial charge in [-0.15, -0.1) is 0 Å². The average molecular weight is 389 g/mol. The number of amides is 1. The predicted molar refractivity (Wildman–Crippen MR) is 93.0 cm³/mol. The molecule has 1 aromatic rings. The third-order valence-corrected chi connectivity index (χ3v) is 4.05. The molecule has 27 heavy (non-hydrogen) atoms. The number of rotatable bonds is 4. The number of hydrogen-bond acceptors (Lipinski definition) is 4. The molecule has 1 aliphatic heterocycles. The summed E-state index contributed by atoms with van der Waals surface area (Å²) in [4.78, 5) is 13.6. The fraction of sp³-hybridized carbons (Fsp3) is 0.632. The molecule has 2 atom stereocenters. The smallest absolute Gasteiger partial charge is 0.416 e. The maximum absolute atomic E-state index is 13.7. The number of alkyl halides is 3. The molecule has 1 amide bonds. The SMILES string of the molecule is CC(C)(C)OC(=O)N1C(C(OCc2ccccc2)C(F)(F)F)COC1(C)C. The van der Waals surface area contributed by atoms with E-state index < -0.39 is 35.7 Å². The van der Waals surface area contributed by atoms with E-state index in [9.17, 15) is 18.0 Å². The van der Waals surface area contributed by atoms with Crippen LogP contribution in [0.5, 0.6) is 0 Å². The fourth-order valence-electron chi connectivity index (χ4n) is 2.91. The lowest BCUT2D eigenvalue weighted by Crippen LogP contribution is -2.57. The van der Waals surface area contributed by atoms with Crippen LogP contribution >= 0.6 is 0 Å². The molecule has 0 aliphatic carbocycles. The van der Waals surface area contributed by atoms with Crippen LogP contribution in [0.15, 0.2) is 30.3 Å². The van der Waals surface area contributed by atoms with E-state index in [0.717, 1.165) is 4.90 Å². The minimum absolute atomic E-state index is 0.232. The lowest BCUT2D eigenvalue weighted by Gasteiger charge is -2.38. The Balaban J connectivity index is 2.25. The first-order chi connectivity index (χ1) is 12.3. The van der Waals surface area contributed by atoms with Crippen molar-refractivity contribution in [2.24, 2.45) is 0 Å². The molecule has 8 heteroatoms. The molecular formula is C19H26F3NO4. The number of hydrogen-bond donors (Lipinski definition) is 0. The van der Waals surface area contributed by atoms with Gasteiger partial charge in [0.2, 0.25) is 0 Å². The standard InChI is InChI=1S/C19H26F3NO4/c1-17(2,3)27-16(24)23-14(12-26-18(23,4)5)15(19(20,21)22)25-11-13-9-7-6-8-10-13/h6-10,14-15H,11-12H2,1-5H3. The zero-order valence-electron chi connectivity index (χ0n) is 16.2. The maximum Gasteiger partial charge on any atom is 0.416 e. The van der Waals surface area contributed by atoms with Gasteiger partial charge >= 0.3 is 12.3 Å². The number of halogens is 3. The quantitative estimate of drug-likeness (QED) is 0.760. The van der Waals surface area contributed by atoms with Crippen LogP contribution in [0.3, 0.4) is 0 Å². The van der Waals surface area contributed by atoms with Gasteiger partial charge < -0.3 is 14.2 Å². The van der Waals surface area contributed by atoms with Crippen LogP contribution in [0.4, 0.5) is 18.0 Å². The Morgan fingerprint density at radius 3 is 2.37 bits per heavy atom. The molecule has 1 aliphatic rings. The van der Waals surface area contributed by atoms with Gasteiger partial charge in [0.1, 0.15) is 11.3 Å². The Morgan fingerprint density at radius 2 is 1.85 bits per heavy atom. The Labute approximate surface area is 157 Å². The summed E-state index contributed by atoms with van der Waals surface area (Å²) in [5, 5.41) is 0. The molecule has 1 aromatic carbocycles. The predicted octanol–water partition coefficient (Wildman–Crippen LogP) is 4.51. The zero-order chi connectivity index (χ0) is 20.5. The van der Waals surface area contributed by atoms with Crippen LogP contribution in [0.2, 0.25) is 0 Å². The Morgan fingerprint density at radius 1 is 1.26 bits per heavy atom. The van der Waals surface area contributed by atoms with Gasteiger partial charge in [-0.3, -0.25) is 4.90 Å². The minimum Gasteiger partial charge on any atom is -0.444 e. The lowest BCUT2D eigenvalue weighted by atomic mass is 10.1. The first kappa shape index (κ1) is 21.5. The van der Waals surface area contributed by atoms with E-state index in [4.69, 9.17) is 14.2 Å². The highest BCUT2D eigenvalue weighted by Crippen LogP contribution is 2.37. The zero-order valence-corrected chi connectivity index (χ0v) is 16.2. The summed E-state index contributed by atoms with van der Waals surface area (Å²) in [6.45, 7) is 7.48. The van der Waals surface area contributed by atoms with Crippen LogP contribution in [-0.2, 0) is 20.8 Å².